The number of nitrogens with zero attached hydrogens (tertiary/aromatic N) is 2. The molecule has 0 aromatic heterocycles. The predicted octanol–water partition coefficient (Wildman–Crippen LogP) is 1.99. The van der Waals surface area contributed by atoms with Gasteiger partial charge >= 0.3 is 0 Å². The fourth-order valence-electron chi connectivity index (χ4n) is 2.09. The van der Waals surface area contributed by atoms with E-state index >= 15 is 0 Å². The van der Waals surface area contributed by atoms with Crippen LogP contribution in [0.25, 0.3) is 0 Å². The van der Waals surface area contributed by atoms with Gasteiger partial charge in [-0.25, -0.2) is 0 Å². The molecular weight excluding hydrogens is 338 g/mol. The summed E-state index contributed by atoms with van der Waals surface area (Å²) in [4.78, 5) is 35.2. The zero-order valence-corrected chi connectivity index (χ0v) is 14.5. The minimum atomic E-state index is -0.506. The molecule has 2 aromatic carbocycles. The maximum absolute atomic E-state index is 11.8. The molecule has 0 radical (unpaired) electrons. The summed E-state index contributed by atoms with van der Waals surface area (Å²) in [5.41, 5.74) is 1.38. The molecule has 0 aliphatic rings. The molecule has 0 spiro atoms. The van der Waals surface area contributed by atoms with Gasteiger partial charge in [-0.15, -0.1) is 0 Å². The molecule has 8 nitrogen and oxygen atoms in total. The quantitative estimate of drug-likeness (QED) is 0.603. The molecule has 0 atom stereocenters. The largest absolute Gasteiger partial charge is 0.484 e. The number of nitro groups is 1. The van der Waals surface area contributed by atoms with Crippen LogP contribution < -0.4 is 10.1 Å². The van der Waals surface area contributed by atoms with Crippen LogP contribution in [0.2, 0.25) is 0 Å². The molecule has 2 aromatic rings. The Morgan fingerprint density at radius 2 is 1.69 bits per heavy atom. The van der Waals surface area contributed by atoms with E-state index in [1.807, 2.05) is 0 Å². The molecule has 0 bridgehead atoms. The van der Waals surface area contributed by atoms with Gasteiger partial charge in [0.15, 0.2) is 6.61 Å². The second kappa shape index (κ2) is 8.61. The average molecular weight is 357 g/mol. The predicted molar refractivity (Wildman–Crippen MR) is 94.9 cm³/mol. The molecular formula is C18H19N3O5. The lowest BCUT2D eigenvalue weighted by molar-refractivity contribution is -0.384. The van der Waals surface area contributed by atoms with Gasteiger partial charge in [-0.1, -0.05) is 12.1 Å². The van der Waals surface area contributed by atoms with Crippen molar-refractivity contribution in [2.24, 2.45) is 0 Å². The van der Waals surface area contributed by atoms with Crippen LogP contribution in [0.3, 0.4) is 0 Å². The van der Waals surface area contributed by atoms with E-state index in [9.17, 15) is 19.7 Å². The summed E-state index contributed by atoms with van der Waals surface area (Å²) in [6, 6.07) is 12.4. The van der Waals surface area contributed by atoms with Gasteiger partial charge in [0, 0.05) is 38.3 Å². The van der Waals surface area contributed by atoms with Crippen molar-refractivity contribution < 1.29 is 19.2 Å². The third-order valence-corrected chi connectivity index (χ3v) is 3.51. The normalized spacial score (nSPS) is 10.1. The fraction of sp³-hybridized carbons (Fsp3) is 0.222. The number of rotatable bonds is 7. The molecule has 0 aliphatic carbocycles. The molecule has 0 fully saturated rings. The van der Waals surface area contributed by atoms with E-state index in [-0.39, 0.29) is 24.1 Å². The van der Waals surface area contributed by atoms with Gasteiger partial charge in [0.1, 0.15) is 5.75 Å². The van der Waals surface area contributed by atoms with E-state index < -0.39 is 4.92 Å². The van der Waals surface area contributed by atoms with Crippen molar-refractivity contribution in [1.82, 2.24) is 10.2 Å². The number of nitro benzene ring substituents is 1. The van der Waals surface area contributed by atoms with Crippen molar-refractivity contribution in [3.63, 3.8) is 0 Å². The Bertz CT molecular complexity index is 785. The second-order valence-corrected chi connectivity index (χ2v) is 5.71. The first-order valence-corrected chi connectivity index (χ1v) is 7.81. The maximum atomic E-state index is 11.8. The molecule has 1 N–H and O–H groups in total. The molecule has 0 aliphatic heterocycles. The number of carbonyl (C=O) groups is 2. The van der Waals surface area contributed by atoms with Gasteiger partial charge in [0.2, 0.25) is 0 Å². The Morgan fingerprint density at radius 3 is 2.23 bits per heavy atom. The van der Waals surface area contributed by atoms with Gasteiger partial charge in [-0.05, 0) is 29.8 Å². The summed E-state index contributed by atoms with van der Waals surface area (Å²) in [7, 11) is 3.36. The molecule has 26 heavy (non-hydrogen) atoms. The van der Waals surface area contributed by atoms with Crippen molar-refractivity contribution in [3.8, 4) is 5.75 Å². The van der Waals surface area contributed by atoms with E-state index in [0.29, 0.717) is 17.9 Å². The van der Waals surface area contributed by atoms with Gasteiger partial charge in [-0.3, -0.25) is 19.7 Å². The number of hydrogen-bond acceptors (Lipinski definition) is 5. The van der Waals surface area contributed by atoms with Crippen molar-refractivity contribution in [2.75, 3.05) is 20.7 Å². The standard InChI is InChI=1S/C18H19N3O5/c1-20(2)18(23)14-5-3-13(4-6-14)11-19-17(22)12-26-16-9-7-15(8-10-16)21(24)25/h3-10H,11-12H2,1-2H3,(H,19,22). The second-order valence-electron chi connectivity index (χ2n) is 5.71. The highest BCUT2D eigenvalue weighted by atomic mass is 16.6. The first-order valence-electron chi connectivity index (χ1n) is 7.81. The monoisotopic (exact) mass is 357 g/mol. The minimum absolute atomic E-state index is 0.0435. The molecule has 0 saturated carbocycles. The van der Waals surface area contributed by atoms with E-state index in [0.717, 1.165) is 5.56 Å². The molecule has 2 amide bonds. The number of nitrogens with one attached hydrogen (secondary N) is 1. The first-order chi connectivity index (χ1) is 12.4. The molecule has 0 unspecified atom stereocenters. The Balaban J connectivity index is 1.79. The lowest BCUT2D eigenvalue weighted by Gasteiger charge is -2.11. The molecule has 136 valence electrons. The van der Waals surface area contributed by atoms with Crippen molar-refractivity contribution in [2.45, 2.75) is 6.54 Å². The highest BCUT2D eigenvalue weighted by molar-refractivity contribution is 5.93. The van der Waals surface area contributed by atoms with E-state index in [1.165, 1.54) is 29.2 Å². The van der Waals surface area contributed by atoms with Crippen LogP contribution in [0.1, 0.15) is 15.9 Å². The van der Waals surface area contributed by atoms with Crippen molar-refractivity contribution in [1.29, 1.82) is 0 Å². The fourth-order valence-corrected chi connectivity index (χ4v) is 2.09. The summed E-state index contributed by atoms with van der Waals surface area (Å²) >= 11 is 0. The third-order valence-electron chi connectivity index (χ3n) is 3.51. The molecule has 8 heteroatoms. The summed E-state index contributed by atoms with van der Waals surface area (Å²) in [5.74, 6) is -0.0359. The topological polar surface area (TPSA) is 102 Å². The van der Waals surface area contributed by atoms with Crippen molar-refractivity contribution in [3.05, 3.63) is 69.8 Å². The van der Waals surface area contributed by atoms with Gasteiger partial charge in [0.25, 0.3) is 17.5 Å². The molecule has 2 rings (SSSR count). The molecule has 0 saturated heterocycles. The smallest absolute Gasteiger partial charge is 0.269 e. The number of benzene rings is 2. The van der Waals surface area contributed by atoms with Gasteiger partial charge < -0.3 is 15.0 Å². The van der Waals surface area contributed by atoms with Crippen LogP contribution in [-0.4, -0.2) is 42.3 Å². The molecule has 0 heterocycles. The van der Waals surface area contributed by atoms with Crippen LogP contribution in [0.15, 0.2) is 48.5 Å². The lowest BCUT2D eigenvalue weighted by Crippen LogP contribution is -2.28. The number of non-ortho nitro benzene ring substituents is 1. The number of hydrogen-bond donors (Lipinski definition) is 1. The third kappa shape index (κ3) is 5.30. The number of amides is 2. The van der Waals surface area contributed by atoms with Crippen molar-refractivity contribution >= 4 is 17.5 Å². The highest BCUT2D eigenvalue weighted by Crippen LogP contribution is 2.17. The Kier molecular flexibility index (Phi) is 6.26. The summed E-state index contributed by atoms with van der Waals surface area (Å²) in [5, 5.41) is 13.3. The van der Waals surface area contributed by atoms with E-state index in [2.05, 4.69) is 5.32 Å². The number of carbonyl (C=O) groups excluding carboxylic acids is 2. The minimum Gasteiger partial charge on any atom is -0.484 e. The van der Waals surface area contributed by atoms with Crippen LogP contribution >= 0.6 is 0 Å². The van der Waals surface area contributed by atoms with Crippen LogP contribution in [-0.2, 0) is 11.3 Å². The summed E-state index contributed by atoms with van der Waals surface area (Å²) in [6.45, 7) is 0.105. The lowest BCUT2D eigenvalue weighted by atomic mass is 10.1. The average Bonchev–Trinajstić information content (AvgIpc) is 2.64. The Labute approximate surface area is 150 Å². The zero-order chi connectivity index (χ0) is 19.1. The SMILES string of the molecule is CN(C)C(=O)c1ccc(CNC(=O)COc2ccc([N+](=O)[O-])cc2)cc1. The van der Waals surface area contributed by atoms with E-state index in [1.54, 1.807) is 38.4 Å². The van der Waals surface area contributed by atoms with Gasteiger partial charge in [-0.2, -0.15) is 0 Å². The summed E-state index contributed by atoms with van der Waals surface area (Å²) in [6.07, 6.45) is 0. The highest BCUT2D eigenvalue weighted by Gasteiger charge is 2.09. The van der Waals surface area contributed by atoms with Crippen LogP contribution in [0.4, 0.5) is 5.69 Å². The van der Waals surface area contributed by atoms with Crippen LogP contribution in [0, 0.1) is 10.1 Å². The first kappa shape index (κ1) is 18.9. The maximum Gasteiger partial charge on any atom is 0.269 e. The summed E-state index contributed by atoms with van der Waals surface area (Å²) < 4.78 is 5.28. The number of ether oxygens (including phenoxy) is 1. The van der Waals surface area contributed by atoms with Gasteiger partial charge in [0.05, 0.1) is 4.92 Å². The zero-order valence-electron chi connectivity index (χ0n) is 14.5. The van der Waals surface area contributed by atoms with E-state index in [4.69, 9.17) is 4.74 Å². The van der Waals surface area contributed by atoms with Crippen LogP contribution in [0.5, 0.6) is 5.75 Å². The Morgan fingerprint density at radius 1 is 1.08 bits per heavy atom. The Hall–Kier alpha value is -3.42.